The number of para-hydroxylation sites is 1. The molecule has 0 aliphatic carbocycles. The number of aromatic amines is 1. The molecular formula is C20H18FN4O4+. The average molecular weight is 397 g/mol. The minimum atomic E-state index is -0.744. The number of carbonyl (C=O) groups is 2. The van der Waals surface area contributed by atoms with Gasteiger partial charge in [-0.25, -0.2) is 14.1 Å². The number of nitrogens with one attached hydrogen (secondary N) is 1. The number of amides is 2. The van der Waals surface area contributed by atoms with Gasteiger partial charge in [0.1, 0.15) is 5.82 Å². The molecule has 4 rings (SSSR count). The highest BCUT2D eigenvalue weighted by Gasteiger charge is 2.42. The monoisotopic (exact) mass is 397 g/mol. The second-order valence-electron chi connectivity index (χ2n) is 6.78. The highest BCUT2D eigenvalue weighted by Crippen LogP contribution is 2.25. The maximum atomic E-state index is 13.2. The Bertz CT molecular complexity index is 1110. The van der Waals surface area contributed by atoms with Gasteiger partial charge in [0.05, 0.1) is 24.7 Å². The zero-order chi connectivity index (χ0) is 20.5. The van der Waals surface area contributed by atoms with Gasteiger partial charge in [-0.2, -0.15) is 0 Å². The van der Waals surface area contributed by atoms with E-state index in [9.17, 15) is 18.8 Å². The molecule has 8 nitrogen and oxygen atoms in total. The molecule has 1 fully saturated rings. The van der Waals surface area contributed by atoms with Crippen molar-refractivity contribution in [3.8, 4) is 5.69 Å². The van der Waals surface area contributed by atoms with Gasteiger partial charge in [0.2, 0.25) is 11.6 Å². The third-order valence-corrected chi connectivity index (χ3v) is 4.89. The van der Waals surface area contributed by atoms with Gasteiger partial charge < -0.3 is 0 Å². The number of rotatable bonds is 5. The first kappa shape index (κ1) is 18.8. The summed E-state index contributed by atoms with van der Waals surface area (Å²) in [5.41, 5.74) is 0.744. The zero-order valence-corrected chi connectivity index (χ0v) is 15.5. The zero-order valence-electron chi connectivity index (χ0n) is 15.5. The summed E-state index contributed by atoms with van der Waals surface area (Å²) in [6.07, 6.45) is -0.0339. The Balaban J connectivity index is 1.57. The molecule has 2 heterocycles. The van der Waals surface area contributed by atoms with Crippen molar-refractivity contribution < 1.29 is 23.2 Å². The summed E-state index contributed by atoms with van der Waals surface area (Å²) in [4.78, 5) is 40.2. The Labute approximate surface area is 164 Å². The first-order chi connectivity index (χ1) is 14.0. The van der Waals surface area contributed by atoms with Crippen molar-refractivity contribution in [2.24, 2.45) is 0 Å². The van der Waals surface area contributed by atoms with Crippen LogP contribution in [0.2, 0.25) is 0 Å². The molecule has 1 saturated heterocycles. The summed E-state index contributed by atoms with van der Waals surface area (Å²) in [6.45, 7) is 0.0850. The fraction of sp³-hybridized carbons (Fsp3) is 0.200. The molecule has 2 amide bonds. The van der Waals surface area contributed by atoms with Crippen molar-refractivity contribution in [2.75, 3.05) is 11.9 Å². The van der Waals surface area contributed by atoms with Gasteiger partial charge in [-0.15, -0.1) is 0 Å². The molecule has 1 aliphatic heterocycles. The fourth-order valence-corrected chi connectivity index (χ4v) is 3.38. The van der Waals surface area contributed by atoms with Crippen LogP contribution < -0.4 is 15.2 Å². The van der Waals surface area contributed by atoms with E-state index in [4.69, 9.17) is 4.52 Å². The molecule has 2 aromatic carbocycles. The third-order valence-electron chi connectivity index (χ3n) is 4.89. The Morgan fingerprint density at radius 2 is 1.83 bits per heavy atom. The van der Waals surface area contributed by atoms with Crippen LogP contribution in [0.5, 0.6) is 0 Å². The molecule has 1 aliphatic rings. The number of H-pyrrole nitrogens is 1. The fourth-order valence-electron chi connectivity index (χ4n) is 3.38. The largest absolute Gasteiger partial charge is 0.431 e. The second kappa shape index (κ2) is 7.44. The van der Waals surface area contributed by atoms with E-state index in [0.717, 1.165) is 4.90 Å². The first-order valence-electron chi connectivity index (χ1n) is 8.96. The van der Waals surface area contributed by atoms with Crippen molar-refractivity contribution >= 4 is 17.5 Å². The number of anilines is 1. The number of hydrogen-bond acceptors (Lipinski definition) is 5. The van der Waals surface area contributed by atoms with Gasteiger partial charge in [0.15, 0.2) is 0 Å². The predicted molar refractivity (Wildman–Crippen MR) is 99.6 cm³/mol. The van der Waals surface area contributed by atoms with Crippen LogP contribution in [0.15, 0.2) is 63.9 Å². The normalized spacial score (nSPS) is 16.8. The number of imide groups is 1. The molecular weight excluding hydrogens is 379 g/mol. The molecule has 0 radical (unpaired) electrons. The molecule has 148 valence electrons. The summed E-state index contributed by atoms with van der Waals surface area (Å²) in [5.74, 6) is -1.25. The van der Waals surface area contributed by atoms with Gasteiger partial charge in [0, 0.05) is 12.1 Å². The molecule has 0 spiro atoms. The van der Waals surface area contributed by atoms with Crippen LogP contribution in [-0.4, -0.2) is 35.1 Å². The summed E-state index contributed by atoms with van der Waals surface area (Å²) >= 11 is 0. The topological polar surface area (TPSA) is 90.5 Å². The predicted octanol–water partition coefficient (Wildman–Crippen LogP) is 1.15. The summed E-state index contributed by atoms with van der Waals surface area (Å²) < 4.78 is 19.6. The molecule has 9 heteroatoms. The molecule has 3 aromatic rings. The van der Waals surface area contributed by atoms with Crippen molar-refractivity contribution in [3.63, 3.8) is 0 Å². The lowest BCUT2D eigenvalue weighted by Gasteiger charge is -2.20. The van der Waals surface area contributed by atoms with Crippen molar-refractivity contribution in [2.45, 2.75) is 19.0 Å². The van der Waals surface area contributed by atoms with Crippen LogP contribution in [0, 0.1) is 5.82 Å². The van der Waals surface area contributed by atoms with Gasteiger partial charge in [-0.05, 0) is 41.3 Å². The Kier molecular flexibility index (Phi) is 4.81. The summed E-state index contributed by atoms with van der Waals surface area (Å²) in [6, 6.07) is 13.5. The SMILES string of the molecule is CN(Cc1c(=O)o[nH][n+]1-c1ccccc1)C1CC(=O)N(c2ccc(F)cc2)C1=O. The number of aromatic nitrogens is 2. The average Bonchev–Trinajstić information content (AvgIpc) is 3.23. The highest BCUT2D eigenvalue weighted by atomic mass is 19.1. The van der Waals surface area contributed by atoms with E-state index in [1.54, 1.807) is 24.1 Å². The molecule has 0 bridgehead atoms. The Morgan fingerprint density at radius 3 is 2.52 bits per heavy atom. The van der Waals surface area contributed by atoms with E-state index in [2.05, 4.69) is 5.27 Å². The van der Waals surface area contributed by atoms with E-state index >= 15 is 0 Å². The smallest absolute Gasteiger partial charge is 0.284 e. The van der Waals surface area contributed by atoms with Gasteiger partial charge >= 0.3 is 11.3 Å². The Morgan fingerprint density at radius 1 is 1.14 bits per heavy atom. The van der Waals surface area contributed by atoms with Crippen LogP contribution in [0.1, 0.15) is 12.1 Å². The van der Waals surface area contributed by atoms with E-state index in [-0.39, 0.29) is 18.9 Å². The number of hydrogen-bond donors (Lipinski definition) is 1. The second-order valence-corrected chi connectivity index (χ2v) is 6.78. The quantitative estimate of drug-likeness (QED) is 0.515. The lowest BCUT2D eigenvalue weighted by Crippen LogP contribution is -2.45. The number of carbonyl (C=O) groups excluding carboxylic acids is 2. The molecule has 0 saturated carbocycles. The lowest BCUT2D eigenvalue weighted by atomic mass is 10.2. The maximum absolute atomic E-state index is 13.2. The summed E-state index contributed by atoms with van der Waals surface area (Å²) in [7, 11) is 1.66. The number of likely N-dealkylation sites (N-methyl/N-ethyl adjacent to an activating group) is 1. The van der Waals surface area contributed by atoms with Crippen LogP contribution in [0.4, 0.5) is 10.1 Å². The maximum Gasteiger partial charge on any atom is 0.431 e. The van der Waals surface area contributed by atoms with Crippen LogP contribution in [-0.2, 0) is 16.1 Å². The van der Waals surface area contributed by atoms with Gasteiger partial charge in [-0.1, -0.05) is 18.2 Å². The van der Waals surface area contributed by atoms with Crippen LogP contribution in [0.25, 0.3) is 5.69 Å². The lowest BCUT2D eigenvalue weighted by molar-refractivity contribution is -0.678. The number of halogens is 1. The molecule has 1 aromatic heterocycles. The van der Waals surface area contributed by atoms with Gasteiger partial charge in [0.25, 0.3) is 5.91 Å². The molecule has 1 N–H and O–H groups in total. The highest BCUT2D eigenvalue weighted by molar-refractivity contribution is 6.22. The third kappa shape index (κ3) is 3.47. The van der Waals surface area contributed by atoms with E-state index < -0.39 is 23.4 Å². The minimum Gasteiger partial charge on any atom is -0.284 e. The van der Waals surface area contributed by atoms with E-state index in [0.29, 0.717) is 17.1 Å². The first-order valence-corrected chi connectivity index (χ1v) is 8.96. The molecule has 1 atom stereocenters. The van der Waals surface area contributed by atoms with Gasteiger partial charge in [-0.3, -0.25) is 19.0 Å². The minimum absolute atomic E-state index is 0.0339. The molecule has 29 heavy (non-hydrogen) atoms. The number of benzene rings is 2. The summed E-state index contributed by atoms with van der Waals surface area (Å²) in [5, 5.41) is 2.55. The Hall–Kier alpha value is -3.59. The van der Waals surface area contributed by atoms with Crippen LogP contribution >= 0.6 is 0 Å². The molecule has 1 unspecified atom stereocenters. The number of nitrogens with zero attached hydrogens (tertiary/aromatic N) is 3. The van der Waals surface area contributed by atoms with Crippen molar-refractivity contribution in [1.29, 1.82) is 0 Å². The van der Waals surface area contributed by atoms with Crippen molar-refractivity contribution in [3.05, 3.63) is 76.5 Å². The van der Waals surface area contributed by atoms with E-state index in [1.165, 1.54) is 28.9 Å². The van der Waals surface area contributed by atoms with E-state index in [1.807, 2.05) is 18.2 Å². The van der Waals surface area contributed by atoms with Crippen LogP contribution in [0.3, 0.4) is 0 Å². The van der Waals surface area contributed by atoms with Crippen molar-refractivity contribution in [1.82, 2.24) is 10.2 Å². The standard InChI is InChI=1S/C20H17FN4O4/c1-23(12-17-20(28)29-22-25(17)15-5-3-2-4-6-15)16-11-18(26)24(19(16)27)14-9-7-13(21)8-10-14/h2-10,16H,11-12H2,1H3/p+1.